The van der Waals surface area contributed by atoms with Crippen molar-refractivity contribution in [3.8, 4) is 11.8 Å². The van der Waals surface area contributed by atoms with E-state index in [4.69, 9.17) is 10.00 Å². The molecule has 2 aromatic carbocycles. The first kappa shape index (κ1) is 19.4. The standard InChI is InChI=1S/C18H18N2O5S/c1-24-18(21)13-25-16-7-5-14(6-8-16)9-10-20-26(22,23)17-4-2-3-15(11-17)12-19/h2-8,11,20H,9-10,13H2,1H3. The Morgan fingerprint density at radius 2 is 1.92 bits per heavy atom. The van der Waals surface area contributed by atoms with E-state index in [1.807, 2.05) is 6.07 Å². The normalized spacial score (nSPS) is 10.8. The van der Waals surface area contributed by atoms with E-state index < -0.39 is 16.0 Å². The molecule has 26 heavy (non-hydrogen) atoms. The van der Waals surface area contributed by atoms with Gasteiger partial charge in [-0.05, 0) is 42.3 Å². The number of nitrogens with zero attached hydrogens (tertiary/aromatic N) is 1. The quantitative estimate of drug-likeness (QED) is 0.704. The van der Waals surface area contributed by atoms with Gasteiger partial charge >= 0.3 is 5.97 Å². The molecule has 0 bridgehead atoms. The van der Waals surface area contributed by atoms with Crippen LogP contribution in [0.1, 0.15) is 11.1 Å². The number of nitrogens with one attached hydrogen (secondary N) is 1. The zero-order valence-electron chi connectivity index (χ0n) is 14.1. The van der Waals surface area contributed by atoms with E-state index in [0.717, 1.165) is 5.56 Å². The monoisotopic (exact) mass is 374 g/mol. The number of nitriles is 1. The number of sulfonamides is 1. The van der Waals surface area contributed by atoms with Crippen molar-refractivity contribution < 1.29 is 22.7 Å². The minimum absolute atomic E-state index is 0.0584. The molecule has 0 aliphatic heterocycles. The summed E-state index contributed by atoms with van der Waals surface area (Å²) in [6.07, 6.45) is 0.481. The zero-order valence-corrected chi connectivity index (χ0v) is 15.0. The fourth-order valence-electron chi connectivity index (χ4n) is 2.10. The SMILES string of the molecule is COC(=O)COc1ccc(CCNS(=O)(=O)c2cccc(C#N)c2)cc1. The average molecular weight is 374 g/mol. The van der Waals surface area contributed by atoms with Crippen LogP contribution in [0.5, 0.6) is 5.75 Å². The third kappa shape index (κ3) is 5.58. The Morgan fingerprint density at radius 1 is 1.19 bits per heavy atom. The van der Waals surface area contributed by atoms with Crippen LogP contribution in [0.4, 0.5) is 0 Å². The largest absolute Gasteiger partial charge is 0.482 e. The van der Waals surface area contributed by atoms with Gasteiger partial charge < -0.3 is 9.47 Å². The van der Waals surface area contributed by atoms with Gasteiger partial charge in [0.15, 0.2) is 6.61 Å². The second-order valence-corrected chi connectivity index (χ2v) is 7.06. The number of methoxy groups -OCH3 is 1. The minimum atomic E-state index is -3.67. The van der Waals surface area contributed by atoms with E-state index in [9.17, 15) is 13.2 Å². The minimum Gasteiger partial charge on any atom is -0.482 e. The van der Waals surface area contributed by atoms with Crippen molar-refractivity contribution in [3.05, 3.63) is 59.7 Å². The average Bonchev–Trinajstić information content (AvgIpc) is 2.67. The lowest BCUT2D eigenvalue weighted by atomic mass is 10.1. The van der Waals surface area contributed by atoms with Crippen LogP contribution in [-0.2, 0) is 26.0 Å². The number of benzene rings is 2. The highest BCUT2D eigenvalue weighted by atomic mass is 32.2. The molecule has 0 atom stereocenters. The summed E-state index contributed by atoms with van der Waals surface area (Å²) < 4.78 is 36.7. The topological polar surface area (TPSA) is 105 Å². The van der Waals surface area contributed by atoms with Crippen molar-refractivity contribution in [1.82, 2.24) is 4.72 Å². The fraction of sp³-hybridized carbons (Fsp3) is 0.222. The van der Waals surface area contributed by atoms with Gasteiger partial charge in [-0.1, -0.05) is 18.2 Å². The number of rotatable bonds is 8. The molecule has 0 saturated heterocycles. The maximum absolute atomic E-state index is 12.2. The van der Waals surface area contributed by atoms with Gasteiger partial charge in [0.2, 0.25) is 10.0 Å². The molecule has 136 valence electrons. The fourth-order valence-corrected chi connectivity index (χ4v) is 3.18. The number of carbonyl (C=O) groups is 1. The first-order valence-corrected chi connectivity index (χ1v) is 9.21. The maximum Gasteiger partial charge on any atom is 0.343 e. The molecule has 0 aliphatic rings. The predicted octanol–water partition coefficient (Wildman–Crippen LogP) is 1.63. The summed E-state index contributed by atoms with van der Waals surface area (Å²) in [5, 5.41) is 8.86. The number of hydrogen-bond donors (Lipinski definition) is 1. The molecule has 0 radical (unpaired) electrons. The van der Waals surface area contributed by atoms with Gasteiger partial charge in [0, 0.05) is 6.54 Å². The maximum atomic E-state index is 12.2. The molecule has 0 saturated carbocycles. The molecule has 7 nitrogen and oxygen atoms in total. The molecule has 2 rings (SSSR count). The van der Waals surface area contributed by atoms with Gasteiger partial charge in [-0.15, -0.1) is 0 Å². The summed E-state index contributed by atoms with van der Waals surface area (Å²) in [5.74, 6) is 0.0528. The van der Waals surface area contributed by atoms with Crippen LogP contribution in [0.15, 0.2) is 53.4 Å². The molecule has 0 aromatic heterocycles. The van der Waals surface area contributed by atoms with Crippen LogP contribution in [0.2, 0.25) is 0 Å². The summed E-state index contributed by atoms with van der Waals surface area (Å²) in [6, 6.07) is 14.7. The molecule has 2 aromatic rings. The Bertz CT molecular complexity index is 902. The molecule has 1 N–H and O–H groups in total. The zero-order chi connectivity index (χ0) is 19.0. The Balaban J connectivity index is 1.88. The summed E-state index contributed by atoms with van der Waals surface area (Å²) in [7, 11) is -2.39. The second-order valence-electron chi connectivity index (χ2n) is 5.30. The van der Waals surface area contributed by atoms with E-state index >= 15 is 0 Å². The number of carbonyl (C=O) groups excluding carboxylic acids is 1. The molecule has 0 heterocycles. The number of esters is 1. The van der Waals surface area contributed by atoms with Crippen molar-refractivity contribution in [2.75, 3.05) is 20.3 Å². The highest BCUT2D eigenvalue weighted by Gasteiger charge is 2.13. The van der Waals surface area contributed by atoms with Crippen LogP contribution in [0.3, 0.4) is 0 Å². The highest BCUT2D eigenvalue weighted by molar-refractivity contribution is 7.89. The van der Waals surface area contributed by atoms with Crippen LogP contribution in [0.25, 0.3) is 0 Å². The van der Waals surface area contributed by atoms with Gasteiger partial charge in [0.1, 0.15) is 5.75 Å². The van der Waals surface area contributed by atoms with E-state index in [0.29, 0.717) is 12.2 Å². The van der Waals surface area contributed by atoms with Crippen molar-refractivity contribution >= 4 is 16.0 Å². The first-order chi connectivity index (χ1) is 12.4. The third-order valence-electron chi connectivity index (χ3n) is 3.49. The molecule has 0 unspecified atom stereocenters. The van der Waals surface area contributed by atoms with Crippen molar-refractivity contribution in [2.24, 2.45) is 0 Å². The van der Waals surface area contributed by atoms with Gasteiger partial charge in [0.25, 0.3) is 0 Å². The van der Waals surface area contributed by atoms with Crippen LogP contribution in [0, 0.1) is 11.3 Å². The second kappa shape index (κ2) is 8.99. The van der Waals surface area contributed by atoms with E-state index in [1.54, 1.807) is 30.3 Å². The van der Waals surface area contributed by atoms with E-state index in [2.05, 4.69) is 9.46 Å². The summed E-state index contributed by atoms with van der Waals surface area (Å²) in [4.78, 5) is 11.1. The van der Waals surface area contributed by atoms with Gasteiger partial charge in [0.05, 0.1) is 23.6 Å². The Kier molecular flexibility index (Phi) is 6.72. The first-order valence-electron chi connectivity index (χ1n) is 7.73. The number of hydrogen-bond acceptors (Lipinski definition) is 6. The van der Waals surface area contributed by atoms with Gasteiger partial charge in [-0.25, -0.2) is 17.9 Å². The van der Waals surface area contributed by atoms with Crippen molar-refractivity contribution in [1.29, 1.82) is 5.26 Å². The van der Waals surface area contributed by atoms with Crippen molar-refractivity contribution in [3.63, 3.8) is 0 Å². The van der Waals surface area contributed by atoms with Crippen molar-refractivity contribution in [2.45, 2.75) is 11.3 Å². The molecular formula is C18H18N2O5S. The van der Waals surface area contributed by atoms with Gasteiger partial charge in [-0.2, -0.15) is 5.26 Å². The highest BCUT2D eigenvalue weighted by Crippen LogP contribution is 2.13. The molecule has 0 aliphatic carbocycles. The van der Waals surface area contributed by atoms with Crippen LogP contribution in [-0.4, -0.2) is 34.6 Å². The molecule has 0 fully saturated rings. The summed E-state index contributed by atoms with van der Waals surface area (Å²) >= 11 is 0. The summed E-state index contributed by atoms with van der Waals surface area (Å²) in [6.45, 7) is 0.0406. The Morgan fingerprint density at radius 3 is 2.58 bits per heavy atom. The molecule has 0 amide bonds. The van der Waals surface area contributed by atoms with Gasteiger partial charge in [-0.3, -0.25) is 0 Å². The third-order valence-corrected chi connectivity index (χ3v) is 4.95. The van der Waals surface area contributed by atoms with E-state index in [-0.39, 0.29) is 23.6 Å². The molecular weight excluding hydrogens is 356 g/mol. The molecule has 0 spiro atoms. The molecule has 8 heteroatoms. The smallest absolute Gasteiger partial charge is 0.343 e. The number of ether oxygens (including phenoxy) is 2. The lowest BCUT2D eigenvalue weighted by Gasteiger charge is -2.08. The lowest BCUT2D eigenvalue weighted by Crippen LogP contribution is -2.26. The Hall–Kier alpha value is -2.89. The van der Waals surface area contributed by atoms with Crippen LogP contribution >= 0.6 is 0 Å². The summed E-state index contributed by atoms with van der Waals surface area (Å²) in [5.41, 5.74) is 1.19. The predicted molar refractivity (Wildman–Crippen MR) is 94.0 cm³/mol. The Labute approximate surface area is 152 Å². The van der Waals surface area contributed by atoms with E-state index in [1.165, 1.54) is 25.3 Å². The lowest BCUT2D eigenvalue weighted by molar-refractivity contribution is -0.142. The van der Waals surface area contributed by atoms with Crippen LogP contribution < -0.4 is 9.46 Å².